The van der Waals surface area contributed by atoms with Gasteiger partial charge in [0.1, 0.15) is 0 Å². The van der Waals surface area contributed by atoms with Crippen LogP contribution >= 0.6 is 0 Å². The van der Waals surface area contributed by atoms with Crippen LogP contribution in [-0.2, 0) is 0 Å². The van der Waals surface area contributed by atoms with Crippen LogP contribution in [0.4, 0.5) is 17.1 Å². The predicted molar refractivity (Wildman–Crippen MR) is 79.9 cm³/mol. The van der Waals surface area contributed by atoms with E-state index in [-0.39, 0.29) is 0 Å². The molecule has 0 fully saturated rings. The molecule has 2 N–H and O–H groups in total. The fraction of sp³-hybridized carbons (Fsp3) is 0.250. The summed E-state index contributed by atoms with van der Waals surface area (Å²) in [4.78, 5) is 0. The van der Waals surface area contributed by atoms with Crippen molar-refractivity contribution in [3.05, 3.63) is 53.1 Å². The van der Waals surface area contributed by atoms with Crippen molar-refractivity contribution in [2.45, 2.75) is 20.8 Å². The molecule has 0 spiro atoms. The van der Waals surface area contributed by atoms with Crippen molar-refractivity contribution in [2.75, 3.05) is 17.7 Å². The standard InChI is InChI=1S/C16H20N2/c1-11-10-12(2)16(13(3)15(11)17-4)18-14-8-6-5-7-9-14/h5-10,17-18H,1-4H3. The van der Waals surface area contributed by atoms with Crippen LogP contribution in [-0.4, -0.2) is 7.05 Å². The topological polar surface area (TPSA) is 24.1 Å². The lowest BCUT2D eigenvalue weighted by Crippen LogP contribution is -2.02. The average Bonchev–Trinajstić information content (AvgIpc) is 2.36. The van der Waals surface area contributed by atoms with E-state index < -0.39 is 0 Å². The van der Waals surface area contributed by atoms with E-state index in [9.17, 15) is 0 Å². The molecule has 0 unspecified atom stereocenters. The Kier molecular flexibility index (Phi) is 3.56. The molecular weight excluding hydrogens is 220 g/mol. The zero-order chi connectivity index (χ0) is 13.1. The monoisotopic (exact) mass is 240 g/mol. The molecule has 2 aromatic carbocycles. The maximum absolute atomic E-state index is 3.50. The molecule has 0 aliphatic heterocycles. The molecule has 0 saturated carbocycles. The molecule has 0 atom stereocenters. The Labute approximate surface area is 109 Å². The summed E-state index contributed by atoms with van der Waals surface area (Å²) in [6.45, 7) is 6.43. The predicted octanol–water partition coefficient (Wildman–Crippen LogP) is 4.40. The molecular formula is C16H20N2. The smallest absolute Gasteiger partial charge is 0.0464 e. The average molecular weight is 240 g/mol. The maximum Gasteiger partial charge on any atom is 0.0464 e. The molecule has 0 heterocycles. The van der Waals surface area contributed by atoms with Gasteiger partial charge in [0.2, 0.25) is 0 Å². The van der Waals surface area contributed by atoms with Crippen molar-refractivity contribution >= 4 is 17.1 Å². The summed E-state index contributed by atoms with van der Waals surface area (Å²) < 4.78 is 0. The fourth-order valence-corrected chi connectivity index (χ4v) is 2.43. The van der Waals surface area contributed by atoms with Gasteiger partial charge in [-0.3, -0.25) is 0 Å². The molecule has 2 aromatic rings. The highest BCUT2D eigenvalue weighted by Gasteiger charge is 2.09. The third kappa shape index (κ3) is 2.33. The molecule has 2 nitrogen and oxygen atoms in total. The van der Waals surface area contributed by atoms with Gasteiger partial charge in [0.25, 0.3) is 0 Å². The number of hydrogen-bond donors (Lipinski definition) is 2. The van der Waals surface area contributed by atoms with Gasteiger partial charge in [-0.25, -0.2) is 0 Å². The zero-order valence-electron chi connectivity index (χ0n) is 11.5. The second kappa shape index (κ2) is 5.13. The normalized spacial score (nSPS) is 10.2. The van der Waals surface area contributed by atoms with Crippen LogP contribution in [0.25, 0.3) is 0 Å². The lowest BCUT2D eigenvalue weighted by Gasteiger charge is -2.18. The number of hydrogen-bond acceptors (Lipinski definition) is 2. The van der Waals surface area contributed by atoms with Gasteiger partial charge >= 0.3 is 0 Å². The summed E-state index contributed by atoms with van der Waals surface area (Å²) in [6.07, 6.45) is 0. The Morgan fingerprint density at radius 1 is 0.833 bits per heavy atom. The number of benzene rings is 2. The summed E-state index contributed by atoms with van der Waals surface area (Å²) in [6, 6.07) is 12.5. The minimum absolute atomic E-state index is 1.12. The van der Waals surface area contributed by atoms with Crippen molar-refractivity contribution in [1.29, 1.82) is 0 Å². The molecule has 0 aliphatic rings. The number of aryl methyl sites for hydroxylation is 2. The minimum atomic E-state index is 1.12. The summed E-state index contributed by atoms with van der Waals surface area (Å²) in [7, 11) is 1.97. The van der Waals surface area contributed by atoms with Gasteiger partial charge in [-0.2, -0.15) is 0 Å². The third-order valence-corrected chi connectivity index (χ3v) is 3.26. The molecule has 94 valence electrons. The number of rotatable bonds is 3. The van der Waals surface area contributed by atoms with E-state index in [2.05, 4.69) is 49.6 Å². The van der Waals surface area contributed by atoms with E-state index in [1.54, 1.807) is 0 Å². The Balaban J connectivity index is 2.45. The van der Waals surface area contributed by atoms with Crippen LogP contribution in [0.15, 0.2) is 36.4 Å². The summed E-state index contributed by atoms with van der Waals surface area (Å²) >= 11 is 0. The lowest BCUT2D eigenvalue weighted by atomic mass is 10.0. The van der Waals surface area contributed by atoms with Gasteiger partial charge in [-0.05, 0) is 49.6 Å². The Bertz CT molecular complexity index is 545. The molecule has 0 aromatic heterocycles. The van der Waals surface area contributed by atoms with E-state index >= 15 is 0 Å². The van der Waals surface area contributed by atoms with Crippen LogP contribution in [0.3, 0.4) is 0 Å². The maximum atomic E-state index is 3.50. The van der Waals surface area contributed by atoms with Crippen molar-refractivity contribution in [3.63, 3.8) is 0 Å². The second-order valence-corrected chi connectivity index (χ2v) is 4.63. The second-order valence-electron chi connectivity index (χ2n) is 4.63. The fourth-order valence-electron chi connectivity index (χ4n) is 2.43. The molecule has 0 amide bonds. The first-order valence-corrected chi connectivity index (χ1v) is 6.24. The van der Waals surface area contributed by atoms with Crippen LogP contribution < -0.4 is 10.6 Å². The van der Waals surface area contributed by atoms with Gasteiger partial charge in [0, 0.05) is 24.1 Å². The summed E-state index contributed by atoms with van der Waals surface area (Å²) in [5, 5.41) is 6.78. The minimum Gasteiger partial charge on any atom is -0.388 e. The van der Waals surface area contributed by atoms with Crippen molar-refractivity contribution in [3.8, 4) is 0 Å². The van der Waals surface area contributed by atoms with Crippen molar-refractivity contribution in [1.82, 2.24) is 0 Å². The highest BCUT2D eigenvalue weighted by Crippen LogP contribution is 2.32. The van der Waals surface area contributed by atoms with E-state index in [1.165, 1.54) is 28.1 Å². The van der Waals surface area contributed by atoms with Gasteiger partial charge < -0.3 is 10.6 Å². The van der Waals surface area contributed by atoms with E-state index in [4.69, 9.17) is 0 Å². The molecule has 0 bridgehead atoms. The van der Waals surface area contributed by atoms with Crippen LogP contribution in [0.1, 0.15) is 16.7 Å². The van der Waals surface area contributed by atoms with Crippen LogP contribution in [0.2, 0.25) is 0 Å². The summed E-state index contributed by atoms with van der Waals surface area (Å²) in [5.74, 6) is 0. The van der Waals surface area contributed by atoms with Crippen molar-refractivity contribution < 1.29 is 0 Å². The van der Waals surface area contributed by atoms with E-state index in [0.29, 0.717) is 0 Å². The van der Waals surface area contributed by atoms with Crippen molar-refractivity contribution in [2.24, 2.45) is 0 Å². The van der Waals surface area contributed by atoms with Gasteiger partial charge in [-0.1, -0.05) is 24.3 Å². The Hall–Kier alpha value is -1.96. The molecule has 2 rings (SSSR count). The van der Waals surface area contributed by atoms with Gasteiger partial charge in [-0.15, -0.1) is 0 Å². The lowest BCUT2D eigenvalue weighted by molar-refractivity contribution is 1.29. The Morgan fingerprint density at radius 2 is 1.44 bits per heavy atom. The highest BCUT2D eigenvalue weighted by molar-refractivity contribution is 5.75. The summed E-state index contributed by atoms with van der Waals surface area (Å²) in [5.41, 5.74) is 7.34. The number of anilines is 3. The first kappa shape index (κ1) is 12.5. The SMILES string of the molecule is CNc1c(C)cc(C)c(Nc2ccccc2)c1C. The molecule has 0 radical (unpaired) electrons. The Morgan fingerprint density at radius 3 is 2.06 bits per heavy atom. The molecule has 2 heteroatoms. The molecule has 0 aliphatic carbocycles. The molecule has 18 heavy (non-hydrogen) atoms. The third-order valence-electron chi connectivity index (χ3n) is 3.26. The van der Waals surface area contributed by atoms with E-state index in [0.717, 1.165) is 5.69 Å². The van der Waals surface area contributed by atoms with E-state index in [1.807, 2.05) is 25.2 Å². The van der Waals surface area contributed by atoms with Gasteiger partial charge in [0.05, 0.1) is 0 Å². The van der Waals surface area contributed by atoms with Gasteiger partial charge in [0.15, 0.2) is 0 Å². The quantitative estimate of drug-likeness (QED) is 0.831. The molecule has 0 saturated heterocycles. The zero-order valence-corrected chi connectivity index (χ0v) is 11.5. The van der Waals surface area contributed by atoms with Crippen LogP contribution in [0, 0.1) is 20.8 Å². The van der Waals surface area contributed by atoms with Crippen LogP contribution in [0.5, 0.6) is 0 Å². The first-order valence-electron chi connectivity index (χ1n) is 6.24. The number of nitrogens with one attached hydrogen (secondary N) is 2. The highest BCUT2D eigenvalue weighted by atomic mass is 14.9. The first-order chi connectivity index (χ1) is 8.63. The largest absolute Gasteiger partial charge is 0.388 e. The number of para-hydroxylation sites is 1.